The molecule has 1 heterocycles. The predicted molar refractivity (Wildman–Crippen MR) is 92.6 cm³/mol. The van der Waals surface area contributed by atoms with Gasteiger partial charge in [-0.15, -0.1) is 0 Å². The molecule has 1 saturated heterocycles. The molecule has 2 amide bonds. The van der Waals surface area contributed by atoms with E-state index in [1.54, 1.807) is 45.1 Å². The van der Waals surface area contributed by atoms with E-state index in [1.165, 1.54) is 0 Å². The molecule has 0 aliphatic carbocycles. The van der Waals surface area contributed by atoms with Crippen molar-refractivity contribution in [3.63, 3.8) is 0 Å². The molecule has 2 rings (SSSR count). The van der Waals surface area contributed by atoms with Crippen LogP contribution >= 0.6 is 0 Å². The molecule has 0 bridgehead atoms. The summed E-state index contributed by atoms with van der Waals surface area (Å²) in [5, 5.41) is 2.83. The maximum atomic E-state index is 12.6. The molecular weight excluding hydrogens is 324 g/mol. The first-order valence-corrected chi connectivity index (χ1v) is 8.26. The number of nitrogens with one attached hydrogen (secondary N) is 1. The Morgan fingerprint density at radius 2 is 1.80 bits per heavy atom. The number of methoxy groups -OCH3 is 2. The van der Waals surface area contributed by atoms with E-state index in [9.17, 15) is 9.59 Å². The number of benzene rings is 1. The van der Waals surface area contributed by atoms with Gasteiger partial charge in [0.05, 0.1) is 27.4 Å². The lowest BCUT2D eigenvalue weighted by Gasteiger charge is -2.33. The topological polar surface area (TPSA) is 77.1 Å². The molecule has 0 radical (unpaired) electrons. The fourth-order valence-electron chi connectivity index (χ4n) is 2.65. The molecule has 0 atom stereocenters. The number of amides is 2. The number of carbonyl (C=O) groups excluding carboxylic acids is 2. The van der Waals surface area contributed by atoms with Gasteiger partial charge in [-0.2, -0.15) is 0 Å². The number of nitrogens with zero attached hydrogens (tertiary/aromatic N) is 1. The van der Waals surface area contributed by atoms with Crippen LogP contribution in [0.4, 0.5) is 0 Å². The third-order valence-corrected chi connectivity index (χ3v) is 4.30. The van der Waals surface area contributed by atoms with Crippen LogP contribution in [0.5, 0.6) is 11.5 Å². The quantitative estimate of drug-likeness (QED) is 0.780. The van der Waals surface area contributed by atoms with Crippen molar-refractivity contribution in [1.82, 2.24) is 10.2 Å². The molecule has 1 aliphatic heterocycles. The van der Waals surface area contributed by atoms with Crippen molar-refractivity contribution in [2.45, 2.75) is 20.4 Å². The fourth-order valence-corrected chi connectivity index (χ4v) is 2.65. The summed E-state index contributed by atoms with van der Waals surface area (Å²) in [6.07, 6.45) is 0. The SMILES string of the molecule is COc1ccc(CNC(=O)C(C)(C)C(=O)N2CCOCC2)cc1OC. The van der Waals surface area contributed by atoms with Crippen molar-refractivity contribution in [2.24, 2.45) is 5.41 Å². The second kappa shape index (κ2) is 8.20. The van der Waals surface area contributed by atoms with E-state index in [0.717, 1.165) is 5.56 Å². The van der Waals surface area contributed by atoms with Crippen molar-refractivity contribution in [2.75, 3.05) is 40.5 Å². The maximum absolute atomic E-state index is 12.6. The predicted octanol–water partition coefficient (Wildman–Crippen LogP) is 1.20. The van der Waals surface area contributed by atoms with Crippen LogP contribution in [0.15, 0.2) is 18.2 Å². The molecular formula is C18H26N2O5. The first-order valence-electron chi connectivity index (χ1n) is 8.26. The normalized spacial score (nSPS) is 14.8. The minimum atomic E-state index is -1.13. The van der Waals surface area contributed by atoms with Gasteiger partial charge in [0.2, 0.25) is 11.8 Å². The van der Waals surface area contributed by atoms with Crippen LogP contribution in [0, 0.1) is 5.41 Å². The Morgan fingerprint density at radius 1 is 1.16 bits per heavy atom. The summed E-state index contributed by atoms with van der Waals surface area (Å²) in [4.78, 5) is 26.9. The van der Waals surface area contributed by atoms with Crippen molar-refractivity contribution in [3.8, 4) is 11.5 Å². The lowest BCUT2D eigenvalue weighted by Crippen LogP contribution is -2.52. The summed E-state index contributed by atoms with van der Waals surface area (Å²) in [5.74, 6) is 0.734. The van der Waals surface area contributed by atoms with Gasteiger partial charge in [0.25, 0.3) is 0 Å². The highest BCUT2D eigenvalue weighted by Gasteiger charge is 2.39. The van der Waals surface area contributed by atoms with Crippen molar-refractivity contribution >= 4 is 11.8 Å². The zero-order chi connectivity index (χ0) is 18.4. The molecule has 7 nitrogen and oxygen atoms in total. The van der Waals surface area contributed by atoms with Crippen LogP contribution < -0.4 is 14.8 Å². The number of carbonyl (C=O) groups is 2. The summed E-state index contributed by atoms with van der Waals surface area (Å²) in [6.45, 7) is 5.66. The van der Waals surface area contributed by atoms with Gasteiger partial charge in [-0.3, -0.25) is 9.59 Å². The van der Waals surface area contributed by atoms with Gasteiger partial charge < -0.3 is 24.4 Å². The third kappa shape index (κ3) is 4.42. The Hall–Kier alpha value is -2.28. The molecule has 1 aromatic rings. The molecule has 1 fully saturated rings. The van der Waals surface area contributed by atoms with Gasteiger partial charge >= 0.3 is 0 Å². The highest BCUT2D eigenvalue weighted by atomic mass is 16.5. The minimum Gasteiger partial charge on any atom is -0.493 e. The summed E-state index contributed by atoms with van der Waals surface area (Å²) in [5.41, 5.74) is -0.269. The van der Waals surface area contributed by atoms with E-state index >= 15 is 0 Å². The average molecular weight is 350 g/mol. The van der Waals surface area contributed by atoms with E-state index in [2.05, 4.69) is 5.32 Å². The zero-order valence-electron chi connectivity index (χ0n) is 15.3. The van der Waals surface area contributed by atoms with Crippen molar-refractivity contribution in [1.29, 1.82) is 0 Å². The molecule has 1 aromatic carbocycles. The first kappa shape index (κ1) is 19.1. The Kier molecular flexibility index (Phi) is 6.25. The Balaban J connectivity index is 1.99. The van der Waals surface area contributed by atoms with Crippen LogP contribution in [-0.4, -0.2) is 57.2 Å². The Labute approximate surface area is 148 Å². The molecule has 138 valence electrons. The maximum Gasteiger partial charge on any atom is 0.237 e. The number of hydrogen-bond donors (Lipinski definition) is 1. The van der Waals surface area contributed by atoms with Crippen LogP contribution in [0.2, 0.25) is 0 Å². The van der Waals surface area contributed by atoms with E-state index in [0.29, 0.717) is 44.3 Å². The van der Waals surface area contributed by atoms with E-state index in [4.69, 9.17) is 14.2 Å². The smallest absolute Gasteiger partial charge is 0.237 e. The monoisotopic (exact) mass is 350 g/mol. The number of hydrogen-bond acceptors (Lipinski definition) is 5. The lowest BCUT2D eigenvalue weighted by atomic mass is 9.90. The second-order valence-corrected chi connectivity index (χ2v) is 6.40. The first-order chi connectivity index (χ1) is 11.9. The summed E-state index contributed by atoms with van der Waals surface area (Å²) >= 11 is 0. The van der Waals surface area contributed by atoms with Crippen molar-refractivity contribution < 1.29 is 23.8 Å². The molecule has 0 unspecified atom stereocenters. The summed E-state index contributed by atoms with van der Waals surface area (Å²) < 4.78 is 15.7. The van der Waals surface area contributed by atoms with E-state index < -0.39 is 5.41 Å². The Morgan fingerprint density at radius 3 is 2.40 bits per heavy atom. The van der Waals surface area contributed by atoms with Crippen LogP contribution in [-0.2, 0) is 20.9 Å². The van der Waals surface area contributed by atoms with Gasteiger partial charge in [-0.05, 0) is 31.5 Å². The fraction of sp³-hybridized carbons (Fsp3) is 0.556. The van der Waals surface area contributed by atoms with Crippen LogP contribution in [0.1, 0.15) is 19.4 Å². The zero-order valence-corrected chi connectivity index (χ0v) is 15.3. The van der Waals surface area contributed by atoms with Crippen molar-refractivity contribution in [3.05, 3.63) is 23.8 Å². The molecule has 1 N–H and O–H groups in total. The van der Waals surface area contributed by atoms with Gasteiger partial charge in [0.15, 0.2) is 11.5 Å². The highest BCUT2D eigenvalue weighted by molar-refractivity contribution is 6.04. The second-order valence-electron chi connectivity index (χ2n) is 6.40. The lowest BCUT2D eigenvalue weighted by molar-refractivity contribution is -0.151. The summed E-state index contributed by atoms with van der Waals surface area (Å²) in [6, 6.07) is 5.43. The van der Waals surface area contributed by atoms with Gasteiger partial charge in [0, 0.05) is 19.6 Å². The standard InChI is InChI=1S/C18H26N2O5/c1-18(2,17(22)20-7-9-25-10-8-20)16(21)19-12-13-5-6-14(23-3)15(11-13)24-4/h5-6,11H,7-10,12H2,1-4H3,(H,19,21). The molecule has 1 aliphatic rings. The van der Waals surface area contributed by atoms with Gasteiger partial charge in [-0.25, -0.2) is 0 Å². The number of rotatable bonds is 6. The van der Waals surface area contributed by atoms with E-state index in [1.807, 2.05) is 6.07 Å². The Bertz CT molecular complexity index is 624. The highest BCUT2D eigenvalue weighted by Crippen LogP contribution is 2.27. The molecule has 7 heteroatoms. The number of ether oxygens (including phenoxy) is 3. The van der Waals surface area contributed by atoms with Gasteiger partial charge in [0.1, 0.15) is 5.41 Å². The van der Waals surface area contributed by atoms with Crippen LogP contribution in [0.3, 0.4) is 0 Å². The molecule has 0 saturated carbocycles. The van der Waals surface area contributed by atoms with Crippen LogP contribution in [0.25, 0.3) is 0 Å². The third-order valence-electron chi connectivity index (χ3n) is 4.30. The van der Waals surface area contributed by atoms with Gasteiger partial charge in [-0.1, -0.05) is 6.07 Å². The summed E-state index contributed by atoms with van der Waals surface area (Å²) in [7, 11) is 3.13. The molecule has 25 heavy (non-hydrogen) atoms. The largest absolute Gasteiger partial charge is 0.493 e. The average Bonchev–Trinajstić information content (AvgIpc) is 2.65. The minimum absolute atomic E-state index is 0.180. The molecule has 0 aromatic heterocycles. The van der Waals surface area contributed by atoms with E-state index in [-0.39, 0.29) is 11.8 Å². The number of morpholine rings is 1. The molecule has 0 spiro atoms.